The quantitative estimate of drug-likeness (QED) is 0.480. The molecule has 1 saturated heterocycles. The summed E-state index contributed by atoms with van der Waals surface area (Å²) in [5, 5.41) is 0. The summed E-state index contributed by atoms with van der Waals surface area (Å²) in [5.41, 5.74) is 2.74. The van der Waals surface area contributed by atoms with Crippen molar-refractivity contribution in [1.29, 1.82) is 0 Å². The van der Waals surface area contributed by atoms with Gasteiger partial charge in [-0.3, -0.25) is 9.10 Å². The summed E-state index contributed by atoms with van der Waals surface area (Å²) in [6, 6.07) is 23.9. The van der Waals surface area contributed by atoms with Gasteiger partial charge in [0.25, 0.3) is 15.9 Å². The van der Waals surface area contributed by atoms with Crippen molar-refractivity contribution in [3.63, 3.8) is 0 Å². The highest BCUT2D eigenvalue weighted by molar-refractivity contribution is 7.92. The molecule has 0 aromatic heterocycles. The number of hydrogen-bond donors (Lipinski definition) is 0. The molecule has 4 rings (SSSR count). The molecule has 1 amide bonds. The molecule has 1 atom stereocenters. The number of likely N-dealkylation sites (tertiary alicyclic amines) is 1. The lowest BCUT2D eigenvalue weighted by Crippen LogP contribution is -2.39. The number of carbonyl (C=O) groups excluding carboxylic acids is 1. The molecule has 178 valence electrons. The Hall–Kier alpha value is -3.32. The van der Waals surface area contributed by atoms with E-state index in [4.69, 9.17) is 4.74 Å². The third-order valence-electron chi connectivity index (χ3n) is 6.25. The number of anilines is 1. The Balaban J connectivity index is 1.35. The van der Waals surface area contributed by atoms with Crippen LogP contribution < -0.4 is 9.04 Å². The molecule has 0 unspecified atom stereocenters. The third-order valence-corrected chi connectivity index (χ3v) is 8.05. The molecule has 7 heteroatoms. The van der Waals surface area contributed by atoms with E-state index in [0.717, 1.165) is 31.4 Å². The highest BCUT2D eigenvalue weighted by atomic mass is 32.2. The summed E-state index contributed by atoms with van der Waals surface area (Å²) in [6.07, 6.45) is 2.85. The summed E-state index contributed by atoms with van der Waals surface area (Å²) in [7, 11) is -2.14. The Kier molecular flexibility index (Phi) is 7.22. The maximum absolute atomic E-state index is 12.9. The van der Waals surface area contributed by atoms with E-state index in [1.165, 1.54) is 16.9 Å². The second-order valence-electron chi connectivity index (χ2n) is 8.64. The summed E-state index contributed by atoms with van der Waals surface area (Å²) >= 11 is 0. The molecule has 3 aromatic rings. The van der Waals surface area contributed by atoms with Crippen LogP contribution in [-0.2, 0) is 21.2 Å². The van der Waals surface area contributed by atoms with Crippen LogP contribution in [0.1, 0.15) is 24.0 Å². The number of rotatable bonds is 8. The van der Waals surface area contributed by atoms with E-state index in [1.54, 1.807) is 48.5 Å². The molecule has 0 aliphatic carbocycles. The zero-order valence-corrected chi connectivity index (χ0v) is 20.4. The summed E-state index contributed by atoms with van der Waals surface area (Å²) in [4.78, 5) is 15.0. The van der Waals surface area contributed by atoms with Crippen molar-refractivity contribution < 1.29 is 17.9 Å². The third kappa shape index (κ3) is 5.42. The summed E-state index contributed by atoms with van der Waals surface area (Å²) in [5.74, 6) is 0.499. The van der Waals surface area contributed by atoms with Gasteiger partial charge in [0.1, 0.15) is 5.75 Å². The minimum atomic E-state index is -3.66. The van der Waals surface area contributed by atoms with Gasteiger partial charge in [-0.25, -0.2) is 8.42 Å². The predicted octanol–water partition coefficient (Wildman–Crippen LogP) is 4.43. The molecular formula is C27H30N2O4S. The van der Waals surface area contributed by atoms with E-state index in [9.17, 15) is 13.2 Å². The first-order valence-corrected chi connectivity index (χ1v) is 12.9. The lowest BCUT2D eigenvalue weighted by molar-refractivity contribution is -0.134. The number of amides is 1. The Bertz CT molecular complexity index is 1210. The summed E-state index contributed by atoms with van der Waals surface area (Å²) in [6.45, 7) is 2.62. The first-order valence-electron chi connectivity index (χ1n) is 11.5. The molecule has 0 N–H and O–H groups in total. The highest BCUT2D eigenvalue weighted by Crippen LogP contribution is 2.25. The van der Waals surface area contributed by atoms with Gasteiger partial charge < -0.3 is 9.64 Å². The van der Waals surface area contributed by atoms with Gasteiger partial charge >= 0.3 is 0 Å². The van der Waals surface area contributed by atoms with Crippen molar-refractivity contribution >= 4 is 21.6 Å². The van der Waals surface area contributed by atoms with Crippen molar-refractivity contribution in [2.75, 3.05) is 24.5 Å². The lowest BCUT2D eigenvalue weighted by Gasteiger charge is -2.25. The molecule has 0 radical (unpaired) electrons. The molecule has 1 heterocycles. The molecule has 0 saturated carbocycles. The van der Waals surface area contributed by atoms with Crippen molar-refractivity contribution in [2.24, 2.45) is 0 Å². The normalized spacial score (nSPS) is 15.8. The number of benzene rings is 3. The largest absolute Gasteiger partial charge is 0.484 e. The van der Waals surface area contributed by atoms with E-state index >= 15 is 0 Å². The maximum Gasteiger partial charge on any atom is 0.264 e. The second-order valence-corrected chi connectivity index (χ2v) is 10.6. The van der Waals surface area contributed by atoms with Crippen LogP contribution in [0.25, 0.3) is 0 Å². The molecular weight excluding hydrogens is 448 g/mol. The van der Waals surface area contributed by atoms with Gasteiger partial charge in [0.2, 0.25) is 0 Å². The van der Waals surface area contributed by atoms with E-state index in [0.29, 0.717) is 11.4 Å². The SMILES string of the molecule is Cc1ccc(S(=O)(=O)N(C)c2ccc(OCC(=O)N3CCC[C@@H]3Cc3ccccc3)cc2)cc1. The van der Waals surface area contributed by atoms with E-state index in [-0.39, 0.29) is 23.5 Å². The number of nitrogens with zero attached hydrogens (tertiary/aromatic N) is 2. The van der Waals surface area contributed by atoms with E-state index in [1.807, 2.05) is 30.0 Å². The standard InChI is InChI=1S/C27H30N2O4S/c1-21-10-16-26(17-11-21)34(31,32)28(2)23-12-14-25(15-13-23)33-20-27(30)29-18-6-9-24(29)19-22-7-4-3-5-8-22/h3-5,7-8,10-17,24H,6,9,18-20H2,1-2H3/t24-/m1/s1. The molecule has 1 aliphatic rings. The fraction of sp³-hybridized carbons (Fsp3) is 0.296. The molecule has 6 nitrogen and oxygen atoms in total. The predicted molar refractivity (Wildman–Crippen MR) is 134 cm³/mol. The number of ether oxygens (including phenoxy) is 1. The van der Waals surface area contributed by atoms with Gasteiger partial charge in [-0.1, -0.05) is 48.0 Å². The smallest absolute Gasteiger partial charge is 0.264 e. The van der Waals surface area contributed by atoms with Crippen molar-refractivity contribution in [3.8, 4) is 5.75 Å². The highest BCUT2D eigenvalue weighted by Gasteiger charge is 2.29. The zero-order valence-electron chi connectivity index (χ0n) is 19.6. The Morgan fingerprint density at radius 2 is 1.68 bits per heavy atom. The van der Waals surface area contributed by atoms with Crippen molar-refractivity contribution in [2.45, 2.75) is 37.1 Å². The number of sulfonamides is 1. The van der Waals surface area contributed by atoms with Crippen LogP contribution in [0.5, 0.6) is 5.75 Å². The monoisotopic (exact) mass is 478 g/mol. The van der Waals surface area contributed by atoms with Crippen LogP contribution in [0, 0.1) is 6.92 Å². The number of aryl methyl sites for hydroxylation is 1. The van der Waals surface area contributed by atoms with Crippen LogP contribution >= 0.6 is 0 Å². The molecule has 3 aromatic carbocycles. The van der Waals surface area contributed by atoms with Crippen molar-refractivity contribution in [3.05, 3.63) is 90.0 Å². The average molecular weight is 479 g/mol. The lowest BCUT2D eigenvalue weighted by atomic mass is 10.0. The van der Waals surface area contributed by atoms with Crippen LogP contribution in [0.4, 0.5) is 5.69 Å². The second kappa shape index (κ2) is 10.3. The first-order chi connectivity index (χ1) is 16.3. The van der Waals surface area contributed by atoms with Gasteiger partial charge in [-0.05, 0) is 68.1 Å². The Morgan fingerprint density at radius 1 is 1.00 bits per heavy atom. The van der Waals surface area contributed by atoms with Gasteiger partial charge in [0.15, 0.2) is 6.61 Å². The minimum absolute atomic E-state index is 0.0263. The fourth-order valence-corrected chi connectivity index (χ4v) is 5.45. The van der Waals surface area contributed by atoms with Gasteiger partial charge in [-0.15, -0.1) is 0 Å². The molecule has 0 spiro atoms. The van der Waals surface area contributed by atoms with E-state index in [2.05, 4.69) is 12.1 Å². The van der Waals surface area contributed by atoms with Crippen molar-refractivity contribution in [1.82, 2.24) is 4.90 Å². The Morgan fingerprint density at radius 3 is 2.35 bits per heavy atom. The first kappa shape index (κ1) is 23.8. The average Bonchev–Trinajstić information content (AvgIpc) is 3.31. The fourth-order valence-electron chi connectivity index (χ4n) is 4.25. The van der Waals surface area contributed by atoms with Gasteiger partial charge in [0.05, 0.1) is 10.6 Å². The molecule has 1 fully saturated rings. The van der Waals surface area contributed by atoms with Gasteiger partial charge in [-0.2, -0.15) is 0 Å². The van der Waals surface area contributed by atoms with Gasteiger partial charge in [0, 0.05) is 19.6 Å². The maximum atomic E-state index is 12.9. The van der Waals surface area contributed by atoms with Crippen LogP contribution in [0.2, 0.25) is 0 Å². The number of hydrogen-bond acceptors (Lipinski definition) is 4. The molecule has 1 aliphatic heterocycles. The topological polar surface area (TPSA) is 66.9 Å². The Labute approximate surface area is 201 Å². The zero-order chi connectivity index (χ0) is 24.1. The molecule has 0 bridgehead atoms. The van der Waals surface area contributed by atoms with Crippen LogP contribution in [0.15, 0.2) is 83.8 Å². The molecule has 34 heavy (non-hydrogen) atoms. The number of carbonyl (C=O) groups is 1. The minimum Gasteiger partial charge on any atom is -0.484 e. The summed E-state index contributed by atoms with van der Waals surface area (Å²) < 4.78 is 32.8. The van der Waals surface area contributed by atoms with Crippen LogP contribution in [-0.4, -0.2) is 45.5 Å². The van der Waals surface area contributed by atoms with E-state index < -0.39 is 10.0 Å². The van der Waals surface area contributed by atoms with Crippen LogP contribution in [0.3, 0.4) is 0 Å².